The van der Waals surface area contributed by atoms with Gasteiger partial charge >= 0.3 is 0 Å². The van der Waals surface area contributed by atoms with E-state index in [1.54, 1.807) is 111 Å². The highest BCUT2D eigenvalue weighted by atomic mass is 79.9. The molecular weight excluding hydrogens is 1480 g/mol. The van der Waals surface area contributed by atoms with Crippen molar-refractivity contribution < 1.29 is 26.7 Å². The molecule has 0 unspecified atom stereocenters. The van der Waals surface area contributed by atoms with Gasteiger partial charge in [-0.3, -0.25) is 54.4 Å². The van der Waals surface area contributed by atoms with Crippen molar-refractivity contribution in [2.45, 2.75) is 50.3 Å². The molecule has 0 bridgehead atoms. The number of nitrogens with zero attached hydrogens (tertiary/aromatic N) is 11. The van der Waals surface area contributed by atoms with Crippen LogP contribution in [-0.2, 0) is 31.9 Å². The number of benzene rings is 8. The number of aryl methyl sites for hydroxylation is 4. The SMILES string of the molecule is Brc1cncc2ccccc12.Cc1cncc2cccc(N)c12.Cc1cncc2cccc(S(=O)(=O)Cl)c12.Cc1cncc2cccc([N+](=O)[O-])c12.O=[N+]([O-])c1cccc2cncc(Br)c12.[C-]#[N+]c1ccc2c(c1)N(S(=O)(=O)c1cccc3cncc(C)c13)CC2.[C-]#[N+]c1ccc2c(c1)NCC2. The number of pyridine rings is 6. The molecule has 6 aromatic heterocycles. The van der Waals surface area contributed by atoms with Gasteiger partial charge in [-0.2, -0.15) is 0 Å². The molecule has 0 saturated carbocycles. The third kappa shape index (κ3) is 16.9. The molecule has 8 heterocycles. The molecule has 0 spiro atoms. The van der Waals surface area contributed by atoms with Crippen molar-refractivity contribution >= 4 is 166 Å². The van der Waals surface area contributed by atoms with E-state index in [1.165, 1.54) is 38.8 Å². The minimum atomic E-state index is -3.72. The fourth-order valence-corrected chi connectivity index (χ4v) is 15.6. The van der Waals surface area contributed by atoms with E-state index in [4.69, 9.17) is 29.6 Å². The first-order valence-electron chi connectivity index (χ1n) is 31.1. The monoisotopic (exact) mass is 1540 g/mol. The second-order valence-electron chi connectivity index (χ2n) is 23.0. The van der Waals surface area contributed by atoms with Crippen LogP contribution in [0, 0.1) is 61.1 Å². The Kier molecular flexibility index (Phi) is 23.5. The lowest BCUT2D eigenvalue weighted by molar-refractivity contribution is -0.383. The van der Waals surface area contributed by atoms with E-state index in [-0.39, 0.29) is 26.1 Å². The highest BCUT2D eigenvalue weighted by Gasteiger charge is 2.32. The van der Waals surface area contributed by atoms with Crippen molar-refractivity contribution in [3.8, 4) is 0 Å². The molecule has 102 heavy (non-hydrogen) atoms. The standard InChI is InChI=1S/C19H15N3O2S.C10H8ClNO2S.C10H8N2O2.C10H10N2.C9H5BrN2O2.C9H6BrN.C9H8N2/c1-13-11-21-12-15-4-3-5-18(19(13)15)25(23,24)22-9-8-14-6-7-16(20-2)10-17(14)22;1-7-5-12-6-8-3-2-4-9(10(7)8)15(11,13)14;1-7-5-11-6-8-3-2-4-9(10(7)8)12(13)14;1-7-5-12-6-8-3-2-4-9(11)10(7)8;10-7-5-11-4-6-2-1-3-8(9(6)7)12(13)14;10-9-6-11-5-7-3-1-2-4-8(7)9;1-10-8-3-2-7-4-5-11-9(7)6-8/h3-7,10-12H,8-9H2,1H3;2-6H,1H3;2-6H,1H3;2-6H,11H2,1H3;1-5H;1-6H;2-3,6,11H,4-5H2. The molecule has 14 aromatic rings. The zero-order valence-electron chi connectivity index (χ0n) is 54.9. The summed E-state index contributed by atoms with van der Waals surface area (Å²) in [5.74, 6) is 0. The number of sulfonamides is 1. The van der Waals surface area contributed by atoms with Crippen molar-refractivity contribution in [1.82, 2.24) is 29.9 Å². The number of aromatic nitrogens is 6. The van der Waals surface area contributed by atoms with E-state index in [0.29, 0.717) is 50.4 Å². The molecule has 0 radical (unpaired) electrons. The fourth-order valence-electron chi connectivity index (χ4n) is 11.7. The number of nitrogens with two attached hydrogens (primary N) is 1. The number of nitrogen functional groups attached to an aromatic ring is 1. The molecule has 510 valence electrons. The minimum absolute atomic E-state index is 0.0942. The molecule has 26 heteroatoms. The maximum Gasteiger partial charge on any atom is 0.278 e. The van der Waals surface area contributed by atoms with E-state index in [0.717, 1.165) is 94.6 Å². The lowest BCUT2D eigenvalue weighted by Gasteiger charge is -2.21. The van der Waals surface area contributed by atoms with Crippen molar-refractivity contribution in [1.29, 1.82) is 0 Å². The summed E-state index contributed by atoms with van der Waals surface area (Å²) in [6.07, 6.45) is 22.1. The van der Waals surface area contributed by atoms with Gasteiger partial charge in [0.1, 0.15) is 0 Å². The molecule has 3 N–H and O–H groups in total. The Hall–Kier alpha value is -11.5. The second kappa shape index (κ2) is 32.7. The Morgan fingerprint density at radius 1 is 0.490 bits per heavy atom. The fraction of sp³-hybridized carbons (Fsp3) is 0.105. The Balaban J connectivity index is 0.000000131. The lowest BCUT2D eigenvalue weighted by Crippen LogP contribution is -2.29. The first kappa shape index (κ1) is 73.3. The summed E-state index contributed by atoms with van der Waals surface area (Å²) in [4.78, 5) is 52.2. The maximum absolute atomic E-state index is 13.4. The molecule has 0 atom stereocenters. The predicted molar refractivity (Wildman–Crippen MR) is 411 cm³/mol. The Morgan fingerprint density at radius 2 is 0.922 bits per heavy atom. The highest BCUT2D eigenvalue weighted by Crippen LogP contribution is 2.39. The Morgan fingerprint density at radius 3 is 1.47 bits per heavy atom. The summed E-state index contributed by atoms with van der Waals surface area (Å²) in [6, 6.07) is 45.2. The van der Waals surface area contributed by atoms with Crippen LogP contribution in [0.3, 0.4) is 0 Å². The van der Waals surface area contributed by atoms with Crippen LogP contribution in [0.4, 0.5) is 39.8 Å². The largest absolute Gasteiger partial charge is 0.398 e. The minimum Gasteiger partial charge on any atom is -0.398 e. The molecule has 0 fully saturated rings. The van der Waals surface area contributed by atoms with Gasteiger partial charge < -0.3 is 11.1 Å². The van der Waals surface area contributed by atoms with Crippen LogP contribution in [0.25, 0.3) is 74.3 Å². The van der Waals surface area contributed by atoms with Crippen LogP contribution >= 0.6 is 42.5 Å². The number of nitro groups is 2. The molecule has 21 nitrogen and oxygen atoms in total. The number of non-ortho nitro benzene ring substituents is 2. The van der Waals surface area contributed by atoms with E-state index < -0.39 is 24.0 Å². The summed E-state index contributed by atoms with van der Waals surface area (Å²) in [6.45, 7) is 22.9. The number of hydrogen-bond donors (Lipinski definition) is 2. The van der Waals surface area contributed by atoms with Gasteiger partial charge in [0.05, 0.1) is 48.0 Å². The van der Waals surface area contributed by atoms with Gasteiger partial charge in [0.15, 0.2) is 11.4 Å². The van der Waals surface area contributed by atoms with Gasteiger partial charge in [-0.15, -0.1) is 0 Å². The molecule has 0 aliphatic carbocycles. The molecule has 0 saturated heterocycles. The predicted octanol–water partition coefficient (Wildman–Crippen LogP) is 19.0. The van der Waals surface area contributed by atoms with Gasteiger partial charge in [0.25, 0.3) is 30.4 Å². The maximum atomic E-state index is 13.4. The third-order valence-corrected chi connectivity index (χ3v) is 20.8. The number of hydrogen-bond acceptors (Lipinski definition) is 16. The summed E-state index contributed by atoms with van der Waals surface area (Å²) in [7, 11) is -2.07. The zero-order chi connectivity index (χ0) is 72.8. The topological polar surface area (TPSA) is 282 Å². The van der Waals surface area contributed by atoms with Crippen LogP contribution in [0.5, 0.6) is 0 Å². The first-order chi connectivity index (χ1) is 49.0. The van der Waals surface area contributed by atoms with Crippen molar-refractivity contribution in [2.24, 2.45) is 0 Å². The normalized spacial score (nSPS) is 11.7. The quantitative estimate of drug-likeness (QED) is 0.0532. The summed E-state index contributed by atoms with van der Waals surface area (Å²) in [5.41, 5.74) is 15.7. The van der Waals surface area contributed by atoms with Gasteiger partial charge in [-0.05, 0) is 141 Å². The van der Waals surface area contributed by atoms with Crippen LogP contribution in [0.2, 0.25) is 0 Å². The molecular formula is C76H60Br2ClN13O8S2. The number of nitrogens with one attached hydrogen (secondary N) is 1. The summed E-state index contributed by atoms with van der Waals surface area (Å²) in [5, 5.41) is 35.1. The number of rotatable bonds is 5. The third-order valence-electron chi connectivity index (χ3n) is 16.4. The van der Waals surface area contributed by atoms with Crippen LogP contribution in [0.1, 0.15) is 33.4 Å². The number of anilines is 3. The summed E-state index contributed by atoms with van der Waals surface area (Å²) < 4.78 is 52.6. The zero-order valence-corrected chi connectivity index (χ0v) is 60.5. The number of fused-ring (bicyclic) bond motifs is 8. The average molecular weight is 1540 g/mol. The van der Waals surface area contributed by atoms with E-state index in [1.807, 2.05) is 118 Å². The molecule has 2 aliphatic rings. The molecule has 0 amide bonds. The van der Waals surface area contributed by atoms with Crippen LogP contribution < -0.4 is 15.4 Å². The smallest absolute Gasteiger partial charge is 0.278 e. The first-order valence-corrected chi connectivity index (χ1v) is 36.4. The van der Waals surface area contributed by atoms with Crippen molar-refractivity contribution in [3.05, 3.63) is 311 Å². The van der Waals surface area contributed by atoms with E-state index in [2.05, 4.69) is 82.8 Å². The summed E-state index contributed by atoms with van der Waals surface area (Å²) >= 11 is 6.68. The molecule has 2 aliphatic heterocycles. The second-order valence-corrected chi connectivity index (χ2v) is 29.1. The van der Waals surface area contributed by atoms with E-state index >= 15 is 0 Å². The average Bonchev–Trinajstić information content (AvgIpc) is 1.51. The lowest BCUT2D eigenvalue weighted by atomic mass is 10.1. The van der Waals surface area contributed by atoms with Gasteiger partial charge in [-0.25, -0.2) is 26.5 Å². The van der Waals surface area contributed by atoms with Gasteiger partial charge in [0, 0.05) is 180 Å². The Labute approximate surface area is 608 Å². The number of halogens is 3. The molecule has 8 aromatic carbocycles. The van der Waals surface area contributed by atoms with Crippen molar-refractivity contribution in [2.75, 3.05) is 28.4 Å². The van der Waals surface area contributed by atoms with Gasteiger partial charge in [0.2, 0.25) is 0 Å². The molecule has 16 rings (SSSR count). The van der Waals surface area contributed by atoms with Crippen LogP contribution in [0.15, 0.2) is 245 Å². The van der Waals surface area contributed by atoms with Crippen molar-refractivity contribution in [3.63, 3.8) is 0 Å². The van der Waals surface area contributed by atoms with Crippen LogP contribution in [-0.4, -0.2) is 69.7 Å². The Bertz CT molecular complexity index is 5730. The number of nitro benzene ring substituents is 2. The highest BCUT2D eigenvalue weighted by molar-refractivity contribution is 9.11. The van der Waals surface area contributed by atoms with Gasteiger partial charge in [-0.1, -0.05) is 109 Å². The van der Waals surface area contributed by atoms with E-state index in [9.17, 15) is 37.1 Å².